The standard InChI is InChI=1S/C10H16N4O3/c1-7(2)8(10(16)17)5-11-9(15)6-14-4-3-12-13-14/h3-4,7-8H,5-6H2,1-2H3,(H,11,15)(H,16,17). The minimum atomic E-state index is -0.902. The van der Waals surface area contributed by atoms with E-state index in [0.717, 1.165) is 0 Å². The van der Waals surface area contributed by atoms with E-state index in [2.05, 4.69) is 15.6 Å². The summed E-state index contributed by atoms with van der Waals surface area (Å²) >= 11 is 0. The Balaban J connectivity index is 2.39. The average molecular weight is 240 g/mol. The van der Waals surface area contributed by atoms with E-state index in [4.69, 9.17) is 5.11 Å². The fraction of sp³-hybridized carbons (Fsp3) is 0.600. The van der Waals surface area contributed by atoms with Crippen LogP contribution in [0.15, 0.2) is 12.4 Å². The van der Waals surface area contributed by atoms with Crippen molar-refractivity contribution < 1.29 is 14.7 Å². The first-order valence-electron chi connectivity index (χ1n) is 5.34. The maximum absolute atomic E-state index is 11.5. The van der Waals surface area contributed by atoms with Gasteiger partial charge in [-0.1, -0.05) is 19.1 Å². The van der Waals surface area contributed by atoms with E-state index in [0.29, 0.717) is 0 Å². The molecule has 0 aliphatic heterocycles. The van der Waals surface area contributed by atoms with Crippen LogP contribution in [0.3, 0.4) is 0 Å². The van der Waals surface area contributed by atoms with Crippen molar-refractivity contribution in [1.29, 1.82) is 0 Å². The number of aromatic nitrogens is 3. The van der Waals surface area contributed by atoms with Gasteiger partial charge in [-0.15, -0.1) is 5.10 Å². The van der Waals surface area contributed by atoms with E-state index in [1.54, 1.807) is 6.20 Å². The summed E-state index contributed by atoms with van der Waals surface area (Å²) in [5.74, 6) is -1.78. The van der Waals surface area contributed by atoms with E-state index >= 15 is 0 Å². The Morgan fingerprint density at radius 3 is 2.65 bits per heavy atom. The number of amides is 1. The normalized spacial score (nSPS) is 12.4. The van der Waals surface area contributed by atoms with Gasteiger partial charge in [0.25, 0.3) is 0 Å². The molecule has 0 radical (unpaired) electrons. The van der Waals surface area contributed by atoms with Crippen LogP contribution in [0.5, 0.6) is 0 Å². The van der Waals surface area contributed by atoms with Crippen LogP contribution in [0.1, 0.15) is 13.8 Å². The predicted octanol–water partition coefficient (Wildman–Crippen LogP) is -0.249. The van der Waals surface area contributed by atoms with E-state index in [1.165, 1.54) is 10.9 Å². The Labute approximate surface area is 98.8 Å². The number of aliphatic carboxylic acids is 1. The molecule has 1 aromatic rings. The first kappa shape index (κ1) is 13.1. The highest BCUT2D eigenvalue weighted by atomic mass is 16.4. The molecule has 7 heteroatoms. The molecule has 0 saturated carbocycles. The Kier molecular flexibility index (Phi) is 4.62. The van der Waals surface area contributed by atoms with Crippen LogP contribution < -0.4 is 5.32 Å². The zero-order chi connectivity index (χ0) is 12.8. The van der Waals surface area contributed by atoms with E-state index in [-0.39, 0.29) is 24.9 Å². The second-order valence-electron chi connectivity index (χ2n) is 4.09. The van der Waals surface area contributed by atoms with E-state index in [1.807, 2.05) is 13.8 Å². The van der Waals surface area contributed by atoms with Crippen LogP contribution in [-0.2, 0) is 16.1 Å². The molecule has 0 aromatic carbocycles. The molecule has 1 amide bonds. The summed E-state index contributed by atoms with van der Waals surface area (Å²) in [6.45, 7) is 3.79. The van der Waals surface area contributed by atoms with Crippen LogP contribution >= 0.6 is 0 Å². The van der Waals surface area contributed by atoms with Gasteiger partial charge in [0.15, 0.2) is 0 Å². The van der Waals surface area contributed by atoms with Gasteiger partial charge in [0.1, 0.15) is 6.54 Å². The Bertz CT molecular complexity index is 375. The predicted molar refractivity (Wildman–Crippen MR) is 59.0 cm³/mol. The molecule has 1 aromatic heterocycles. The third kappa shape index (κ3) is 4.21. The van der Waals surface area contributed by atoms with Crippen molar-refractivity contribution >= 4 is 11.9 Å². The molecule has 1 rings (SSSR count). The van der Waals surface area contributed by atoms with Crippen molar-refractivity contribution in [1.82, 2.24) is 20.3 Å². The van der Waals surface area contributed by atoms with Gasteiger partial charge in [-0.2, -0.15) is 0 Å². The Morgan fingerprint density at radius 2 is 2.18 bits per heavy atom. The lowest BCUT2D eigenvalue weighted by atomic mass is 9.96. The lowest BCUT2D eigenvalue weighted by molar-refractivity contribution is -0.143. The molecule has 0 bridgehead atoms. The number of hydrogen-bond acceptors (Lipinski definition) is 4. The molecule has 0 aliphatic rings. The number of carbonyl (C=O) groups excluding carboxylic acids is 1. The minimum absolute atomic E-state index is 0.0285. The van der Waals surface area contributed by atoms with Crippen molar-refractivity contribution in [2.45, 2.75) is 20.4 Å². The van der Waals surface area contributed by atoms with Gasteiger partial charge in [-0.3, -0.25) is 9.59 Å². The molecule has 0 aliphatic carbocycles. The third-order valence-corrected chi connectivity index (χ3v) is 2.42. The molecular weight excluding hydrogens is 224 g/mol. The summed E-state index contributed by atoms with van der Waals surface area (Å²) in [4.78, 5) is 22.4. The number of hydrogen-bond donors (Lipinski definition) is 2. The van der Waals surface area contributed by atoms with Gasteiger partial charge in [0, 0.05) is 12.7 Å². The summed E-state index contributed by atoms with van der Waals surface area (Å²) in [6, 6.07) is 0. The minimum Gasteiger partial charge on any atom is -0.481 e. The van der Waals surface area contributed by atoms with Crippen LogP contribution in [0.4, 0.5) is 0 Å². The number of carboxylic acids is 1. The number of rotatable bonds is 6. The maximum Gasteiger partial charge on any atom is 0.308 e. The third-order valence-electron chi connectivity index (χ3n) is 2.42. The molecule has 1 atom stereocenters. The summed E-state index contributed by atoms with van der Waals surface area (Å²) in [7, 11) is 0. The fourth-order valence-corrected chi connectivity index (χ4v) is 1.35. The van der Waals surface area contributed by atoms with Crippen molar-refractivity contribution in [3.63, 3.8) is 0 Å². The molecular formula is C10H16N4O3. The molecule has 17 heavy (non-hydrogen) atoms. The highest BCUT2D eigenvalue weighted by Gasteiger charge is 2.21. The SMILES string of the molecule is CC(C)C(CNC(=O)Cn1ccnn1)C(=O)O. The molecule has 1 unspecified atom stereocenters. The summed E-state index contributed by atoms with van der Waals surface area (Å²) in [5, 5.41) is 18.7. The van der Waals surface area contributed by atoms with Crippen molar-refractivity contribution in [2.75, 3.05) is 6.54 Å². The summed E-state index contributed by atoms with van der Waals surface area (Å²) in [5.41, 5.74) is 0. The second kappa shape index (κ2) is 5.97. The fourth-order valence-electron chi connectivity index (χ4n) is 1.35. The largest absolute Gasteiger partial charge is 0.481 e. The lowest BCUT2D eigenvalue weighted by Gasteiger charge is -2.16. The van der Waals surface area contributed by atoms with E-state index in [9.17, 15) is 9.59 Å². The molecule has 7 nitrogen and oxygen atoms in total. The lowest BCUT2D eigenvalue weighted by Crippen LogP contribution is -2.37. The number of carbonyl (C=O) groups is 2. The molecule has 0 saturated heterocycles. The van der Waals surface area contributed by atoms with Crippen molar-refractivity contribution in [3.05, 3.63) is 12.4 Å². The van der Waals surface area contributed by atoms with Gasteiger partial charge in [0.05, 0.1) is 12.1 Å². The van der Waals surface area contributed by atoms with E-state index < -0.39 is 11.9 Å². The maximum atomic E-state index is 11.5. The highest BCUT2D eigenvalue weighted by Crippen LogP contribution is 2.09. The second-order valence-corrected chi connectivity index (χ2v) is 4.09. The average Bonchev–Trinajstić information content (AvgIpc) is 2.69. The molecule has 2 N–H and O–H groups in total. The molecule has 0 fully saturated rings. The quantitative estimate of drug-likeness (QED) is 0.714. The number of nitrogens with one attached hydrogen (secondary N) is 1. The number of nitrogens with zero attached hydrogens (tertiary/aromatic N) is 3. The monoisotopic (exact) mass is 240 g/mol. The van der Waals surface area contributed by atoms with Gasteiger partial charge >= 0.3 is 5.97 Å². The smallest absolute Gasteiger partial charge is 0.308 e. The first-order chi connectivity index (χ1) is 8.00. The topological polar surface area (TPSA) is 97.1 Å². The molecule has 0 spiro atoms. The van der Waals surface area contributed by atoms with Crippen LogP contribution in [-0.4, -0.2) is 38.5 Å². The van der Waals surface area contributed by atoms with Gasteiger partial charge < -0.3 is 10.4 Å². The summed E-state index contributed by atoms with van der Waals surface area (Å²) in [6.07, 6.45) is 3.04. The van der Waals surface area contributed by atoms with Crippen LogP contribution in [0.25, 0.3) is 0 Å². The van der Waals surface area contributed by atoms with Crippen LogP contribution in [0.2, 0.25) is 0 Å². The first-order valence-corrected chi connectivity index (χ1v) is 5.34. The van der Waals surface area contributed by atoms with Crippen LogP contribution in [0, 0.1) is 11.8 Å². The zero-order valence-electron chi connectivity index (χ0n) is 9.83. The highest BCUT2D eigenvalue weighted by molar-refractivity contribution is 5.77. The molecule has 94 valence electrons. The Morgan fingerprint density at radius 1 is 1.47 bits per heavy atom. The number of carboxylic acid groups (broad SMARTS) is 1. The van der Waals surface area contributed by atoms with Gasteiger partial charge in [0.2, 0.25) is 5.91 Å². The van der Waals surface area contributed by atoms with Gasteiger partial charge in [-0.25, -0.2) is 4.68 Å². The Hall–Kier alpha value is -1.92. The summed E-state index contributed by atoms with van der Waals surface area (Å²) < 4.78 is 1.38. The van der Waals surface area contributed by atoms with Crippen molar-refractivity contribution in [3.8, 4) is 0 Å². The van der Waals surface area contributed by atoms with Gasteiger partial charge in [-0.05, 0) is 5.92 Å². The zero-order valence-corrected chi connectivity index (χ0v) is 9.83. The van der Waals surface area contributed by atoms with Crippen molar-refractivity contribution in [2.24, 2.45) is 11.8 Å². The molecule has 1 heterocycles.